The smallest absolute Gasteiger partial charge is 0.336 e. The van der Waals surface area contributed by atoms with Gasteiger partial charge in [-0.3, -0.25) is 19.3 Å². The summed E-state index contributed by atoms with van der Waals surface area (Å²) in [4.78, 5) is 50.6. The molecule has 2 aliphatic heterocycles. The molecule has 0 radical (unpaired) electrons. The second kappa shape index (κ2) is 9.26. The van der Waals surface area contributed by atoms with E-state index in [1.54, 1.807) is 36.0 Å². The van der Waals surface area contributed by atoms with Crippen LogP contribution in [0.2, 0.25) is 0 Å². The third-order valence-corrected chi connectivity index (χ3v) is 7.58. The molecule has 1 aromatic rings. The van der Waals surface area contributed by atoms with Crippen LogP contribution in [0.5, 0.6) is 0 Å². The van der Waals surface area contributed by atoms with Crippen LogP contribution in [0.4, 0.5) is 0 Å². The largest absolute Gasteiger partial charge is 0.466 e. The SMILES string of the molecule is COC(=O)C1=C(NC(=O)CCCCCN2C(=O)c3ccccc3C2=O)S[C@H]2CCC[C@@H]12. The molecule has 0 saturated heterocycles. The van der Waals surface area contributed by atoms with E-state index in [0.29, 0.717) is 52.8 Å². The summed E-state index contributed by atoms with van der Waals surface area (Å²) in [5.74, 6) is -0.788. The quantitative estimate of drug-likeness (QED) is 0.377. The van der Waals surface area contributed by atoms with Crippen molar-refractivity contribution >= 4 is 35.5 Å². The zero-order chi connectivity index (χ0) is 22.0. The Bertz CT molecular complexity index is 922. The van der Waals surface area contributed by atoms with E-state index in [-0.39, 0.29) is 29.6 Å². The lowest BCUT2D eigenvalue weighted by Crippen LogP contribution is -2.30. The zero-order valence-electron chi connectivity index (χ0n) is 17.5. The summed E-state index contributed by atoms with van der Waals surface area (Å²) in [6, 6.07) is 6.85. The molecule has 0 bridgehead atoms. The Kier molecular flexibility index (Phi) is 6.46. The number of benzene rings is 1. The van der Waals surface area contributed by atoms with Crippen molar-refractivity contribution in [3.05, 3.63) is 46.0 Å². The van der Waals surface area contributed by atoms with Crippen molar-refractivity contribution in [2.45, 2.75) is 50.2 Å². The second-order valence-corrected chi connectivity index (χ2v) is 9.34. The minimum Gasteiger partial charge on any atom is -0.466 e. The first kappa shape index (κ1) is 21.6. The standard InChI is InChI=1S/C23H26N2O5S/c1-30-23(29)19-16-10-7-11-17(16)31-20(19)24-18(26)12-3-2-6-13-25-21(27)14-8-4-5-9-15(14)22(25)28/h4-5,8-9,16-17H,2-3,6-7,10-13H2,1H3,(H,24,26)/t16-,17+/m1/s1. The van der Waals surface area contributed by atoms with Crippen LogP contribution in [-0.4, -0.2) is 47.5 Å². The Morgan fingerprint density at radius 1 is 1.10 bits per heavy atom. The highest BCUT2D eigenvalue weighted by atomic mass is 32.2. The molecule has 1 N–H and O–H groups in total. The normalized spacial score (nSPS) is 22.0. The number of hydrogen-bond donors (Lipinski definition) is 1. The summed E-state index contributed by atoms with van der Waals surface area (Å²) < 4.78 is 4.94. The highest BCUT2D eigenvalue weighted by Gasteiger charge is 2.43. The molecule has 8 heteroatoms. The summed E-state index contributed by atoms with van der Waals surface area (Å²) in [5, 5.41) is 3.92. The van der Waals surface area contributed by atoms with E-state index < -0.39 is 0 Å². The Labute approximate surface area is 185 Å². The molecule has 1 saturated carbocycles. The molecule has 0 aromatic heterocycles. The first-order chi connectivity index (χ1) is 15.0. The van der Waals surface area contributed by atoms with Gasteiger partial charge in [0.05, 0.1) is 28.8 Å². The van der Waals surface area contributed by atoms with Gasteiger partial charge < -0.3 is 10.1 Å². The van der Waals surface area contributed by atoms with E-state index in [1.807, 2.05) is 0 Å². The Balaban J connectivity index is 1.23. The van der Waals surface area contributed by atoms with E-state index in [0.717, 1.165) is 25.7 Å². The van der Waals surface area contributed by atoms with Gasteiger partial charge in [0, 0.05) is 24.1 Å². The van der Waals surface area contributed by atoms with Gasteiger partial charge in [0.2, 0.25) is 5.91 Å². The average molecular weight is 443 g/mol. The molecular formula is C23H26N2O5S. The number of thioether (sulfide) groups is 1. The topological polar surface area (TPSA) is 92.8 Å². The molecule has 1 aromatic carbocycles. The fourth-order valence-electron chi connectivity index (χ4n) is 4.59. The lowest BCUT2D eigenvalue weighted by Gasteiger charge is -2.13. The van der Waals surface area contributed by atoms with Gasteiger partial charge in [-0.05, 0) is 37.8 Å². The maximum atomic E-state index is 12.4. The average Bonchev–Trinajstić information content (AvgIpc) is 3.41. The molecule has 1 aliphatic carbocycles. The van der Waals surface area contributed by atoms with Gasteiger partial charge in [-0.15, -0.1) is 11.8 Å². The van der Waals surface area contributed by atoms with Crippen LogP contribution in [0.25, 0.3) is 0 Å². The van der Waals surface area contributed by atoms with Crippen molar-refractivity contribution in [3.8, 4) is 0 Å². The molecule has 7 nitrogen and oxygen atoms in total. The van der Waals surface area contributed by atoms with Gasteiger partial charge in [-0.25, -0.2) is 4.79 Å². The highest BCUT2D eigenvalue weighted by Crippen LogP contribution is 2.49. The summed E-state index contributed by atoms with van der Waals surface area (Å²) in [6.45, 7) is 0.352. The van der Waals surface area contributed by atoms with Crippen molar-refractivity contribution < 1.29 is 23.9 Å². The number of unbranched alkanes of at least 4 members (excludes halogenated alkanes) is 2. The van der Waals surface area contributed by atoms with Crippen LogP contribution in [0.1, 0.15) is 65.7 Å². The maximum Gasteiger partial charge on any atom is 0.336 e. The first-order valence-corrected chi connectivity index (χ1v) is 11.6. The predicted molar refractivity (Wildman–Crippen MR) is 116 cm³/mol. The number of methoxy groups -OCH3 is 1. The molecule has 164 valence electrons. The van der Waals surface area contributed by atoms with Crippen molar-refractivity contribution in [2.75, 3.05) is 13.7 Å². The van der Waals surface area contributed by atoms with Crippen LogP contribution < -0.4 is 5.32 Å². The van der Waals surface area contributed by atoms with Gasteiger partial charge in [0.15, 0.2) is 0 Å². The van der Waals surface area contributed by atoms with E-state index in [2.05, 4.69) is 5.32 Å². The molecule has 4 rings (SSSR count). The third-order valence-electron chi connectivity index (χ3n) is 6.16. The second-order valence-electron chi connectivity index (χ2n) is 8.09. The Hall–Kier alpha value is -2.61. The van der Waals surface area contributed by atoms with Crippen molar-refractivity contribution in [1.29, 1.82) is 0 Å². The lowest BCUT2D eigenvalue weighted by molar-refractivity contribution is -0.136. The van der Waals surface area contributed by atoms with Gasteiger partial charge in [0.25, 0.3) is 11.8 Å². The minimum absolute atomic E-state index is 0.121. The molecule has 3 amide bonds. The van der Waals surface area contributed by atoms with Crippen LogP contribution in [-0.2, 0) is 14.3 Å². The number of rotatable bonds is 8. The molecule has 0 spiro atoms. The van der Waals surface area contributed by atoms with Crippen LogP contribution >= 0.6 is 11.8 Å². The fraction of sp³-hybridized carbons (Fsp3) is 0.478. The number of amides is 3. The first-order valence-electron chi connectivity index (χ1n) is 10.8. The molecule has 3 aliphatic rings. The third kappa shape index (κ3) is 4.26. The molecule has 2 atom stereocenters. The highest BCUT2D eigenvalue weighted by molar-refractivity contribution is 8.04. The minimum atomic E-state index is -0.349. The van der Waals surface area contributed by atoms with Gasteiger partial charge in [-0.2, -0.15) is 0 Å². The molecule has 0 unspecified atom stereocenters. The van der Waals surface area contributed by atoms with Crippen molar-refractivity contribution in [1.82, 2.24) is 10.2 Å². The van der Waals surface area contributed by atoms with Crippen LogP contribution in [0, 0.1) is 5.92 Å². The van der Waals surface area contributed by atoms with Crippen LogP contribution in [0.3, 0.4) is 0 Å². The number of nitrogens with one attached hydrogen (secondary N) is 1. The zero-order valence-corrected chi connectivity index (χ0v) is 18.3. The van der Waals surface area contributed by atoms with Gasteiger partial charge >= 0.3 is 5.97 Å². The summed E-state index contributed by atoms with van der Waals surface area (Å²) in [7, 11) is 1.37. The number of esters is 1. The number of nitrogens with zero attached hydrogens (tertiary/aromatic N) is 1. The van der Waals surface area contributed by atoms with E-state index in [4.69, 9.17) is 4.74 Å². The van der Waals surface area contributed by atoms with E-state index >= 15 is 0 Å². The van der Waals surface area contributed by atoms with Crippen LogP contribution in [0.15, 0.2) is 34.9 Å². The molecule has 2 heterocycles. The van der Waals surface area contributed by atoms with Gasteiger partial charge in [0.1, 0.15) is 0 Å². The number of carbonyl (C=O) groups excluding carboxylic acids is 4. The summed E-state index contributed by atoms with van der Waals surface area (Å²) >= 11 is 1.58. The lowest BCUT2D eigenvalue weighted by atomic mass is 9.98. The maximum absolute atomic E-state index is 12.4. The number of fused-ring (bicyclic) bond motifs is 2. The molecular weight excluding hydrogens is 416 g/mol. The molecule has 1 fully saturated rings. The number of carbonyl (C=O) groups is 4. The number of hydrogen-bond acceptors (Lipinski definition) is 6. The molecule has 31 heavy (non-hydrogen) atoms. The Morgan fingerprint density at radius 3 is 2.48 bits per heavy atom. The van der Waals surface area contributed by atoms with Crippen molar-refractivity contribution in [2.24, 2.45) is 5.92 Å². The monoisotopic (exact) mass is 442 g/mol. The summed E-state index contributed by atoms with van der Waals surface area (Å²) in [6.07, 6.45) is 5.45. The number of ether oxygens (including phenoxy) is 1. The van der Waals surface area contributed by atoms with E-state index in [9.17, 15) is 19.2 Å². The Morgan fingerprint density at radius 2 is 1.81 bits per heavy atom. The van der Waals surface area contributed by atoms with Gasteiger partial charge in [-0.1, -0.05) is 25.0 Å². The summed E-state index contributed by atoms with van der Waals surface area (Å²) in [5.41, 5.74) is 1.54. The predicted octanol–water partition coefficient (Wildman–Crippen LogP) is 3.26. The number of imide groups is 1. The van der Waals surface area contributed by atoms with E-state index in [1.165, 1.54) is 12.0 Å². The van der Waals surface area contributed by atoms with Crippen molar-refractivity contribution in [3.63, 3.8) is 0 Å². The fourth-order valence-corrected chi connectivity index (χ4v) is 6.15.